The summed E-state index contributed by atoms with van der Waals surface area (Å²) in [6.07, 6.45) is 0. The predicted molar refractivity (Wildman–Crippen MR) is 61.2 cm³/mol. The van der Waals surface area contributed by atoms with E-state index < -0.39 is 7.60 Å². The molecular weight excluding hydrogens is 227 g/mol. The monoisotopic (exact) mass is 242 g/mol. The maximum atomic E-state index is 11.9. The van der Waals surface area contributed by atoms with Crippen molar-refractivity contribution in [3.8, 4) is 11.6 Å². The molecule has 0 aromatic carbocycles. The Morgan fingerprint density at radius 1 is 1.31 bits per heavy atom. The molecule has 16 heavy (non-hydrogen) atoms. The highest BCUT2D eigenvalue weighted by Crippen LogP contribution is 2.46. The van der Waals surface area contributed by atoms with Gasteiger partial charge in [0.1, 0.15) is 5.76 Å². The molecule has 0 radical (unpaired) electrons. The van der Waals surface area contributed by atoms with Gasteiger partial charge in [0.2, 0.25) is 0 Å². The van der Waals surface area contributed by atoms with Crippen LogP contribution < -0.4 is 0 Å². The Labute approximate surface area is 95.5 Å². The van der Waals surface area contributed by atoms with Crippen LogP contribution in [0, 0.1) is 18.5 Å². The van der Waals surface area contributed by atoms with Crippen LogP contribution in [0.1, 0.15) is 25.4 Å². The molecule has 0 aliphatic carbocycles. The second-order valence-electron chi connectivity index (χ2n) is 2.98. The van der Waals surface area contributed by atoms with Gasteiger partial charge in [-0.05, 0) is 38.8 Å². The molecule has 0 unspecified atom stereocenters. The third kappa shape index (κ3) is 3.86. The zero-order valence-corrected chi connectivity index (χ0v) is 10.5. The smallest absolute Gasteiger partial charge is 0.406 e. The van der Waals surface area contributed by atoms with Gasteiger partial charge in [-0.15, -0.1) is 0 Å². The summed E-state index contributed by atoms with van der Waals surface area (Å²) in [7, 11) is -3.30. The SMILES string of the molecule is CCOP(=O)(C#Cc1ccc(C)o1)OCC. The highest BCUT2D eigenvalue weighted by molar-refractivity contribution is 7.59. The van der Waals surface area contributed by atoms with Crippen LogP contribution in [-0.4, -0.2) is 13.2 Å². The zero-order chi connectivity index (χ0) is 12.0. The average Bonchev–Trinajstić information content (AvgIpc) is 2.62. The van der Waals surface area contributed by atoms with Crippen LogP contribution in [0.15, 0.2) is 16.5 Å². The first-order chi connectivity index (χ1) is 7.59. The van der Waals surface area contributed by atoms with Crippen molar-refractivity contribution in [2.45, 2.75) is 20.8 Å². The highest BCUT2D eigenvalue weighted by atomic mass is 31.2. The molecule has 88 valence electrons. The fourth-order valence-electron chi connectivity index (χ4n) is 1.07. The van der Waals surface area contributed by atoms with Crippen LogP contribution in [0.3, 0.4) is 0 Å². The van der Waals surface area contributed by atoms with Crippen molar-refractivity contribution in [1.82, 2.24) is 0 Å². The lowest BCUT2D eigenvalue weighted by Crippen LogP contribution is -1.92. The van der Waals surface area contributed by atoms with Gasteiger partial charge >= 0.3 is 7.60 Å². The lowest BCUT2D eigenvalue weighted by molar-refractivity contribution is 0.230. The molecule has 0 N–H and O–H groups in total. The van der Waals surface area contributed by atoms with Crippen LogP contribution in [0.25, 0.3) is 0 Å². The van der Waals surface area contributed by atoms with Crippen molar-refractivity contribution in [2.75, 3.05) is 13.2 Å². The number of hydrogen-bond acceptors (Lipinski definition) is 4. The van der Waals surface area contributed by atoms with Gasteiger partial charge in [-0.25, -0.2) is 4.57 Å². The Morgan fingerprint density at radius 3 is 2.38 bits per heavy atom. The number of rotatable bonds is 4. The Balaban J connectivity index is 2.83. The van der Waals surface area contributed by atoms with Crippen molar-refractivity contribution in [2.24, 2.45) is 0 Å². The van der Waals surface area contributed by atoms with Crippen LogP contribution in [0.5, 0.6) is 0 Å². The number of furan rings is 1. The third-order valence-electron chi connectivity index (χ3n) is 1.65. The molecule has 1 aromatic heterocycles. The summed E-state index contributed by atoms with van der Waals surface area (Å²) < 4.78 is 27.2. The first kappa shape index (κ1) is 13.1. The van der Waals surface area contributed by atoms with Crippen LogP contribution in [0.2, 0.25) is 0 Å². The summed E-state index contributed by atoms with van der Waals surface area (Å²) in [6, 6.07) is 3.50. The first-order valence-electron chi connectivity index (χ1n) is 5.08. The summed E-state index contributed by atoms with van der Waals surface area (Å²) in [5.41, 5.74) is 2.49. The minimum Gasteiger partial charge on any atom is -0.453 e. The van der Waals surface area contributed by atoms with E-state index in [0.717, 1.165) is 5.76 Å². The van der Waals surface area contributed by atoms with Crippen molar-refractivity contribution in [1.29, 1.82) is 0 Å². The molecule has 4 nitrogen and oxygen atoms in total. The standard InChI is InChI=1S/C11H15O4P/c1-4-13-16(12,14-5-2)9-8-11-7-6-10(3)15-11/h6-7H,4-5H2,1-3H3. The lowest BCUT2D eigenvalue weighted by Gasteiger charge is -2.09. The maximum absolute atomic E-state index is 11.9. The van der Waals surface area contributed by atoms with Crippen LogP contribution in [0.4, 0.5) is 0 Å². The fraction of sp³-hybridized carbons (Fsp3) is 0.455. The van der Waals surface area contributed by atoms with Gasteiger partial charge in [-0.1, -0.05) is 0 Å². The largest absolute Gasteiger partial charge is 0.453 e. The van der Waals surface area contributed by atoms with Crippen molar-refractivity contribution >= 4 is 7.60 Å². The zero-order valence-electron chi connectivity index (χ0n) is 9.65. The van der Waals surface area contributed by atoms with E-state index in [2.05, 4.69) is 11.6 Å². The Bertz CT molecular complexity index is 428. The molecule has 1 rings (SSSR count). The Kier molecular flexibility index (Phi) is 4.82. The third-order valence-corrected chi connectivity index (χ3v) is 3.24. The summed E-state index contributed by atoms with van der Waals surface area (Å²) >= 11 is 0. The van der Waals surface area contributed by atoms with Gasteiger partial charge in [0.05, 0.1) is 13.2 Å². The van der Waals surface area contributed by atoms with Gasteiger partial charge in [0.15, 0.2) is 5.76 Å². The van der Waals surface area contributed by atoms with Crippen molar-refractivity contribution in [3.05, 3.63) is 23.7 Å². The molecule has 0 amide bonds. The van der Waals surface area contributed by atoms with E-state index in [9.17, 15) is 4.57 Å². The molecule has 1 heterocycles. The maximum Gasteiger partial charge on any atom is 0.406 e. The number of aryl methyl sites for hydroxylation is 1. The van der Waals surface area contributed by atoms with E-state index in [1.165, 1.54) is 0 Å². The van der Waals surface area contributed by atoms with Gasteiger partial charge in [-0.2, -0.15) is 0 Å². The molecule has 0 aliphatic heterocycles. The summed E-state index contributed by atoms with van der Waals surface area (Å²) in [5.74, 6) is 3.86. The minimum absolute atomic E-state index is 0.295. The molecular formula is C11H15O4P. The van der Waals surface area contributed by atoms with Gasteiger partial charge in [-0.3, -0.25) is 9.05 Å². The molecule has 0 bridgehead atoms. The highest BCUT2D eigenvalue weighted by Gasteiger charge is 2.19. The van der Waals surface area contributed by atoms with Crippen LogP contribution >= 0.6 is 7.60 Å². The molecule has 1 aromatic rings. The topological polar surface area (TPSA) is 48.7 Å². The summed E-state index contributed by atoms with van der Waals surface area (Å²) in [4.78, 5) is 0. The summed E-state index contributed by atoms with van der Waals surface area (Å²) in [6.45, 7) is 5.89. The van der Waals surface area contributed by atoms with Crippen molar-refractivity contribution in [3.63, 3.8) is 0 Å². The molecule has 0 saturated heterocycles. The molecule has 0 atom stereocenters. The van der Waals surface area contributed by atoms with E-state index in [1.807, 2.05) is 6.92 Å². The lowest BCUT2D eigenvalue weighted by atomic mass is 10.4. The van der Waals surface area contributed by atoms with Crippen LogP contribution in [-0.2, 0) is 13.6 Å². The minimum atomic E-state index is -3.30. The fourth-order valence-corrected chi connectivity index (χ4v) is 2.20. The van der Waals surface area contributed by atoms with Gasteiger partial charge in [0.25, 0.3) is 0 Å². The van der Waals surface area contributed by atoms with Gasteiger partial charge < -0.3 is 4.42 Å². The summed E-state index contributed by atoms with van der Waals surface area (Å²) in [5, 5.41) is 0. The second kappa shape index (κ2) is 5.91. The van der Waals surface area contributed by atoms with E-state index >= 15 is 0 Å². The quantitative estimate of drug-likeness (QED) is 0.601. The van der Waals surface area contributed by atoms with E-state index in [0.29, 0.717) is 19.0 Å². The van der Waals surface area contributed by atoms with Crippen molar-refractivity contribution < 1.29 is 18.0 Å². The molecule has 0 aliphatic rings. The van der Waals surface area contributed by atoms with E-state index in [4.69, 9.17) is 13.5 Å². The molecule has 0 saturated carbocycles. The van der Waals surface area contributed by atoms with E-state index in [-0.39, 0.29) is 0 Å². The molecule has 0 fully saturated rings. The molecule has 5 heteroatoms. The predicted octanol–water partition coefficient (Wildman–Crippen LogP) is 3.16. The molecule has 0 spiro atoms. The normalized spacial score (nSPS) is 10.9. The van der Waals surface area contributed by atoms with Gasteiger partial charge in [0, 0.05) is 5.66 Å². The first-order valence-corrected chi connectivity index (χ1v) is 6.62. The Hall–Kier alpha value is -1.01. The average molecular weight is 242 g/mol. The Morgan fingerprint density at radius 2 is 1.94 bits per heavy atom. The number of hydrogen-bond donors (Lipinski definition) is 0. The van der Waals surface area contributed by atoms with E-state index in [1.54, 1.807) is 26.0 Å². The second-order valence-corrected chi connectivity index (χ2v) is 4.72.